The smallest absolute Gasteiger partial charge is 0.141 e. The quantitative estimate of drug-likeness (QED) is 0.519. The zero-order chi connectivity index (χ0) is 13.4. The normalized spacial score (nSPS) is 10.3. The fraction of sp³-hybridized carbons (Fsp3) is 0.500. The number of anilines is 1. The minimum atomic E-state index is -0.0321. The minimum Gasteiger partial charge on any atom is -0.383 e. The van der Waals surface area contributed by atoms with Crippen molar-refractivity contribution in [3.8, 4) is 0 Å². The minimum absolute atomic E-state index is 0.0321. The molecule has 0 aliphatic rings. The fourth-order valence-corrected chi connectivity index (χ4v) is 1.49. The maximum atomic E-state index is 7.40. The van der Waals surface area contributed by atoms with Crippen molar-refractivity contribution in [1.29, 1.82) is 5.41 Å². The van der Waals surface area contributed by atoms with Crippen LogP contribution in [0.5, 0.6) is 0 Å². The van der Waals surface area contributed by atoms with E-state index in [1.807, 2.05) is 17.0 Å². The molecule has 0 saturated heterocycles. The van der Waals surface area contributed by atoms with Gasteiger partial charge in [0.25, 0.3) is 0 Å². The molecule has 100 valence electrons. The lowest BCUT2D eigenvalue weighted by Crippen LogP contribution is -2.31. The third kappa shape index (κ3) is 4.31. The second kappa shape index (κ2) is 7.62. The van der Waals surface area contributed by atoms with Gasteiger partial charge in [0.05, 0.1) is 13.2 Å². The summed E-state index contributed by atoms with van der Waals surface area (Å²) in [6.45, 7) is 2.65. The largest absolute Gasteiger partial charge is 0.383 e. The summed E-state index contributed by atoms with van der Waals surface area (Å²) in [7, 11) is 3.32. The number of rotatable bonds is 8. The maximum absolute atomic E-state index is 7.40. The summed E-state index contributed by atoms with van der Waals surface area (Å²) in [4.78, 5) is 6.38. The van der Waals surface area contributed by atoms with E-state index in [0.29, 0.717) is 32.0 Å². The molecule has 0 spiro atoms. The molecular formula is C12H20N4O2. The van der Waals surface area contributed by atoms with Crippen LogP contribution in [0, 0.1) is 5.41 Å². The average Bonchev–Trinajstić information content (AvgIpc) is 2.39. The number of ether oxygens (including phenoxy) is 2. The molecule has 0 fully saturated rings. The number of nitrogen functional groups attached to an aromatic ring is 1. The highest BCUT2D eigenvalue weighted by atomic mass is 16.5. The Morgan fingerprint density at radius 3 is 2.39 bits per heavy atom. The summed E-state index contributed by atoms with van der Waals surface area (Å²) in [6, 6.07) is 5.44. The van der Waals surface area contributed by atoms with Gasteiger partial charge in [-0.3, -0.25) is 5.41 Å². The molecule has 1 aromatic rings. The zero-order valence-electron chi connectivity index (χ0n) is 10.8. The van der Waals surface area contributed by atoms with Crippen LogP contribution in [0.25, 0.3) is 0 Å². The highest BCUT2D eigenvalue weighted by Gasteiger charge is 2.09. The van der Waals surface area contributed by atoms with E-state index in [4.69, 9.17) is 20.6 Å². The first kappa shape index (κ1) is 14.4. The fourth-order valence-electron chi connectivity index (χ4n) is 1.49. The molecule has 1 heterocycles. The lowest BCUT2D eigenvalue weighted by atomic mass is 10.3. The van der Waals surface area contributed by atoms with Crippen molar-refractivity contribution < 1.29 is 9.47 Å². The van der Waals surface area contributed by atoms with Gasteiger partial charge in [-0.2, -0.15) is 0 Å². The van der Waals surface area contributed by atoms with Crippen LogP contribution in [0.4, 0.5) is 5.82 Å². The average molecular weight is 252 g/mol. The first-order valence-electron chi connectivity index (χ1n) is 5.73. The molecule has 3 N–H and O–H groups in total. The molecule has 0 aromatic carbocycles. The number of hydrogen-bond acceptors (Lipinski definition) is 5. The van der Waals surface area contributed by atoms with E-state index in [2.05, 4.69) is 4.98 Å². The van der Waals surface area contributed by atoms with Gasteiger partial charge in [-0.05, 0) is 12.1 Å². The number of aromatic nitrogens is 1. The van der Waals surface area contributed by atoms with Crippen LogP contribution in [-0.2, 0) is 9.47 Å². The molecule has 0 atom stereocenters. The summed E-state index contributed by atoms with van der Waals surface area (Å²) in [6.07, 6.45) is 0. The molecule has 0 radical (unpaired) electrons. The number of pyridine rings is 1. The third-order valence-electron chi connectivity index (χ3n) is 2.46. The third-order valence-corrected chi connectivity index (χ3v) is 2.46. The molecule has 0 saturated carbocycles. The summed E-state index contributed by atoms with van der Waals surface area (Å²) >= 11 is 0. The first-order chi connectivity index (χ1) is 8.69. The molecule has 1 rings (SSSR count). The van der Waals surface area contributed by atoms with Crippen LogP contribution in [0.2, 0.25) is 0 Å². The Morgan fingerprint density at radius 1 is 1.28 bits per heavy atom. The Labute approximate surface area is 107 Å². The topological polar surface area (TPSA) is 84.5 Å². The van der Waals surface area contributed by atoms with Crippen molar-refractivity contribution in [2.45, 2.75) is 0 Å². The molecule has 6 heteroatoms. The highest BCUT2D eigenvalue weighted by molar-refractivity contribution is 5.93. The maximum Gasteiger partial charge on any atom is 0.141 e. The monoisotopic (exact) mass is 252 g/mol. The van der Waals surface area contributed by atoms with E-state index >= 15 is 0 Å². The zero-order valence-corrected chi connectivity index (χ0v) is 10.8. The molecule has 0 unspecified atom stereocenters. The van der Waals surface area contributed by atoms with E-state index in [-0.39, 0.29) is 5.84 Å². The number of hydrogen-bond donors (Lipinski definition) is 2. The van der Waals surface area contributed by atoms with E-state index < -0.39 is 0 Å². The van der Waals surface area contributed by atoms with E-state index in [0.717, 1.165) is 5.82 Å². The summed E-state index contributed by atoms with van der Waals surface area (Å²) in [5.74, 6) is 0.743. The Bertz CT molecular complexity index is 376. The van der Waals surface area contributed by atoms with Crippen molar-refractivity contribution in [2.75, 3.05) is 45.4 Å². The van der Waals surface area contributed by atoms with Crippen LogP contribution in [0.1, 0.15) is 5.69 Å². The van der Waals surface area contributed by atoms with Gasteiger partial charge in [0.2, 0.25) is 0 Å². The molecule has 18 heavy (non-hydrogen) atoms. The van der Waals surface area contributed by atoms with E-state index in [1.165, 1.54) is 0 Å². The molecule has 0 aliphatic heterocycles. The molecule has 0 aliphatic carbocycles. The Hall–Kier alpha value is -1.66. The van der Waals surface area contributed by atoms with Crippen molar-refractivity contribution >= 4 is 11.7 Å². The van der Waals surface area contributed by atoms with Crippen LogP contribution < -0.4 is 10.6 Å². The molecular weight excluding hydrogens is 232 g/mol. The number of amidine groups is 1. The Morgan fingerprint density at radius 2 is 1.89 bits per heavy atom. The Kier molecular flexibility index (Phi) is 6.10. The molecule has 6 nitrogen and oxygen atoms in total. The van der Waals surface area contributed by atoms with Gasteiger partial charge in [-0.25, -0.2) is 4.98 Å². The lowest BCUT2D eigenvalue weighted by molar-refractivity contribution is 0.190. The SMILES string of the molecule is COCCN(CCOC)c1cccc(C(=N)N)n1. The van der Waals surface area contributed by atoms with Crippen molar-refractivity contribution in [1.82, 2.24) is 4.98 Å². The first-order valence-corrected chi connectivity index (χ1v) is 5.73. The van der Waals surface area contributed by atoms with E-state index in [9.17, 15) is 0 Å². The molecule has 0 amide bonds. The number of methoxy groups -OCH3 is 2. The van der Waals surface area contributed by atoms with Gasteiger partial charge >= 0.3 is 0 Å². The van der Waals surface area contributed by atoms with Gasteiger partial charge < -0.3 is 20.1 Å². The van der Waals surface area contributed by atoms with Crippen LogP contribution in [0.3, 0.4) is 0 Å². The van der Waals surface area contributed by atoms with Gasteiger partial charge in [0.1, 0.15) is 17.3 Å². The van der Waals surface area contributed by atoms with Gasteiger partial charge in [0.15, 0.2) is 0 Å². The summed E-state index contributed by atoms with van der Waals surface area (Å²) in [5.41, 5.74) is 5.91. The second-order valence-electron chi connectivity index (χ2n) is 3.77. The standard InChI is InChI=1S/C12H20N4O2/c1-17-8-6-16(7-9-18-2)11-5-3-4-10(15-11)12(13)14/h3-5H,6-9H2,1-2H3,(H3,13,14). The predicted octanol–water partition coefficient (Wildman–Crippen LogP) is 0.465. The number of nitrogens with zero attached hydrogens (tertiary/aromatic N) is 2. The predicted molar refractivity (Wildman–Crippen MR) is 71.2 cm³/mol. The second-order valence-corrected chi connectivity index (χ2v) is 3.77. The Balaban J connectivity index is 2.82. The molecule has 1 aromatic heterocycles. The van der Waals surface area contributed by atoms with Crippen molar-refractivity contribution in [3.63, 3.8) is 0 Å². The van der Waals surface area contributed by atoms with Gasteiger partial charge in [-0.1, -0.05) is 6.07 Å². The lowest BCUT2D eigenvalue weighted by Gasteiger charge is -2.23. The van der Waals surface area contributed by atoms with Crippen LogP contribution in [-0.4, -0.2) is 51.3 Å². The van der Waals surface area contributed by atoms with Crippen molar-refractivity contribution in [2.24, 2.45) is 5.73 Å². The van der Waals surface area contributed by atoms with Crippen molar-refractivity contribution in [3.05, 3.63) is 23.9 Å². The van der Waals surface area contributed by atoms with Crippen LogP contribution >= 0.6 is 0 Å². The molecule has 0 bridgehead atoms. The van der Waals surface area contributed by atoms with Gasteiger partial charge in [0, 0.05) is 27.3 Å². The highest BCUT2D eigenvalue weighted by Crippen LogP contribution is 2.11. The van der Waals surface area contributed by atoms with Crippen LogP contribution in [0.15, 0.2) is 18.2 Å². The summed E-state index contributed by atoms with van der Waals surface area (Å²) < 4.78 is 10.1. The summed E-state index contributed by atoms with van der Waals surface area (Å²) in [5, 5.41) is 7.40. The number of nitrogens with two attached hydrogens (primary N) is 1. The van der Waals surface area contributed by atoms with E-state index in [1.54, 1.807) is 20.3 Å². The number of nitrogens with one attached hydrogen (secondary N) is 1. The van der Waals surface area contributed by atoms with Gasteiger partial charge in [-0.15, -0.1) is 0 Å².